The molecule has 1 unspecified atom stereocenters. The minimum Gasteiger partial charge on any atom is -0.419 e. The minimum atomic E-state index is -4.72. The second kappa shape index (κ2) is 6.03. The van der Waals surface area contributed by atoms with E-state index in [0.717, 1.165) is 29.8 Å². The second-order valence-electron chi connectivity index (χ2n) is 4.97. The number of nitrogens with zero attached hydrogens (tertiary/aromatic N) is 3. The Labute approximate surface area is 127 Å². The predicted molar refractivity (Wildman–Crippen MR) is 67.7 cm³/mol. The molecule has 10 heteroatoms. The van der Waals surface area contributed by atoms with E-state index in [1.54, 1.807) is 0 Å². The molecule has 0 N–H and O–H groups in total. The fraction of sp³-hybridized carbons (Fsp3) is 0.462. The van der Waals surface area contributed by atoms with E-state index in [4.69, 9.17) is 9.47 Å². The van der Waals surface area contributed by atoms with Crippen molar-refractivity contribution >= 4 is 5.97 Å². The Morgan fingerprint density at radius 2 is 2.26 bits per heavy atom. The molecule has 0 aromatic carbocycles. The van der Waals surface area contributed by atoms with Crippen LogP contribution in [0.15, 0.2) is 23.2 Å². The molecule has 0 spiro atoms. The maximum atomic E-state index is 13.3. The number of ether oxygens (including phenoxy) is 2. The monoisotopic (exact) mass is 331 g/mol. The molecule has 1 fully saturated rings. The number of carbonyl (C=O) groups is 1. The van der Waals surface area contributed by atoms with Gasteiger partial charge in [0.25, 0.3) is 0 Å². The van der Waals surface area contributed by atoms with Gasteiger partial charge in [-0.15, -0.1) is 0 Å². The Hall–Kier alpha value is -2.36. The van der Waals surface area contributed by atoms with Crippen LogP contribution in [0.3, 0.4) is 0 Å². The number of halogens is 3. The highest BCUT2D eigenvalue weighted by Gasteiger charge is 2.40. The van der Waals surface area contributed by atoms with Crippen molar-refractivity contribution in [1.82, 2.24) is 14.9 Å². The molecular formula is C13H12F3N3O4. The van der Waals surface area contributed by atoms with Crippen molar-refractivity contribution in [2.24, 2.45) is 0 Å². The first-order valence-electron chi connectivity index (χ1n) is 6.81. The molecule has 0 radical (unpaired) electrons. The first-order chi connectivity index (χ1) is 10.9. The number of hydrogen-bond acceptors (Lipinski definition) is 6. The van der Waals surface area contributed by atoms with Crippen molar-refractivity contribution in [2.45, 2.75) is 31.7 Å². The lowest BCUT2D eigenvalue weighted by Crippen LogP contribution is -2.22. The molecule has 7 nitrogen and oxygen atoms in total. The molecule has 3 heterocycles. The second-order valence-corrected chi connectivity index (χ2v) is 4.97. The van der Waals surface area contributed by atoms with Crippen LogP contribution in [0.1, 0.15) is 28.9 Å². The lowest BCUT2D eigenvalue weighted by molar-refractivity contribution is -0.145. The first kappa shape index (κ1) is 15.5. The molecule has 124 valence electrons. The third kappa shape index (κ3) is 3.36. The summed E-state index contributed by atoms with van der Waals surface area (Å²) in [5, 5.41) is 6.98. The normalized spacial score (nSPS) is 18.3. The topological polar surface area (TPSA) is 79.4 Å². The van der Waals surface area contributed by atoms with Crippen LogP contribution in [0, 0.1) is 0 Å². The van der Waals surface area contributed by atoms with Crippen molar-refractivity contribution in [1.29, 1.82) is 0 Å². The summed E-state index contributed by atoms with van der Waals surface area (Å²) in [7, 11) is 0. The molecule has 1 aliphatic heterocycles. The lowest BCUT2D eigenvalue weighted by Gasteiger charge is -2.15. The van der Waals surface area contributed by atoms with Gasteiger partial charge in [-0.25, -0.2) is 4.79 Å². The van der Waals surface area contributed by atoms with E-state index < -0.39 is 23.6 Å². The van der Waals surface area contributed by atoms with Crippen LogP contribution in [-0.2, 0) is 17.5 Å². The first-order valence-corrected chi connectivity index (χ1v) is 6.81. The average molecular weight is 331 g/mol. The molecule has 0 saturated carbocycles. The third-order valence-corrected chi connectivity index (χ3v) is 3.35. The van der Waals surface area contributed by atoms with Gasteiger partial charge >= 0.3 is 12.1 Å². The van der Waals surface area contributed by atoms with Crippen LogP contribution in [0.2, 0.25) is 0 Å². The standard InChI is InChI=1S/C13H12F3N3O4/c14-13(15,16)11-10(23-12(20)8-4-18-22-7-8)5-17-19(11)6-9-2-1-3-21-9/h4-5,7,9H,1-3,6H2. The van der Waals surface area contributed by atoms with Gasteiger partial charge in [-0.2, -0.15) is 18.3 Å². The predicted octanol–water partition coefficient (Wildman–Crippen LogP) is 2.29. The quantitative estimate of drug-likeness (QED) is 0.800. The summed E-state index contributed by atoms with van der Waals surface area (Å²) >= 11 is 0. The van der Waals surface area contributed by atoms with Crippen molar-refractivity contribution in [3.63, 3.8) is 0 Å². The molecule has 23 heavy (non-hydrogen) atoms. The highest BCUT2D eigenvalue weighted by atomic mass is 19.4. The maximum Gasteiger partial charge on any atom is 0.436 e. The van der Waals surface area contributed by atoms with Gasteiger partial charge in [0, 0.05) is 6.61 Å². The van der Waals surface area contributed by atoms with Crippen molar-refractivity contribution in [3.05, 3.63) is 29.9 Å². The summed E-state index contributed by atoms with van der Waals surface area (Å²) in [5.41, 5.74) is -1.22. The van der Waals surface area contributed by atoms with E-state index in [1.165, 1.54) is 0 Å². The van der Waals surface area contributed by atoms with Gasteiger partial charge in [0.2, 0.25) is 0 Å². The molecule has 0 amide bonds. The number of aromatic nitrogens is 3. The van der Waals surface area contributed by atoms with Crippen molar-refractivity contribution in [3.8, 4) is 5.75 Å². The van der Waals surface area contributed by atoms with E-state index in [0.29, 0.717) is 13.0 Å². The smallest absolute Gasteiger partial charge is 0.419 e. The van der Waals surface area contributed by atoms with E-state index in [2.05, 4.69) is 14.8 Å². The van der Waals surface area contributed by atoms with Crippen LogP contribution in [0.5, 0.6) is 5.75 Å². The van der Waals surface area contributed by atoms with E-state index in [9.17, 15) is 18.0 Å². The number of alkyl halides is 3. The van der Waals surface area contributed by atoms with E-state index in [-0.39, 0.29) is 18.2 Å². The summed E-state index contributed by atoms with van der Waals surface area (Å²) in [4.78, 5) is 11.8. The van der Waals surface area contributed by atoms with Gasteiger partial charge < -0.3 is 14.0 Å². The third-order valence-electron chi connectivity index (χ3n) is 3.35. The number of rotatable bonds is 4. The fourth-order valence-electron chi connectivity index (χ4n) is 2.31. The molecule has 1 aliphatic rings. The zero-order valence-corrected chi connectivity index (χ0v) is 11.7. The Morgan fingerprint density at radius 3 is 2.87 bits per heavy atom. The van der Waals surface area contributed by atoms with Crippen molar-refractivity contribution in [2.75, 3.05) is 6.61 Å². The largest absolute Gasteiger partial charge is 0.436 e. The summed E-state index contributed by atoms with van der Waals surface area (Å²) in [6.45, 7) is 0.461. The maximum absolute atomic E-state index is 13.3. The van der Waals surface area contributed by atoms with Gasteiger partial charge in [0.05, 0.1) is 25.0 Å². The molecule has 2 aromatic rings. The van der Waals surface area contributed by atoms with E-state index in [1.807, 2.05) is 0 Å². The van der Waals surface area contributed by atoms with Crippen LogP contribution in [0.4, 0.5) is 13.2 Å². The average Bonchev–Trinajstić information content (AvgIpc) is 3.18. The van der Waals surface area contributed by atoms with Crippen LogP contribution in [0.25, 0.3) is 0 Å². The minimum absolute atomic E-state index is 0.0559. The van der Waals surface area contributed by atoms with Gasteiger partial charge in [0.1, 0.15) is 11.8 Å². The highest BCUT2D eigenvalue weighted by Crippen LogP contribution is 2.37. The van der Waals surface area contributed by atoms with Crippen LogP contribution in [-0.4, -0.2) is 33.6 Å². The van der Waals surface area contributed by atoms with Gasteiger partial charge in [0.15, 0.2) is 11.4 Å². The van der Waals surface area contributed by atoms with Gasteiger partial charge in [-0.1, -0.05) is 5.16 Å². The molecule has 1 atom stereocenters. The van der Waals surface area contributed by atoms with Crippen LogP contribution < -0.4 is 4.74 Å². The number of hydrogen-bond donors (Lipinski definition) is 0. The summed E-state index contributed by atoms with van der Waals surface area (Å²) in [6.07, 6.45) is -0.714. The van der Waals surface area contributed by atoms with Crippen LogP contribution >= 0.6 is 0 Å². The molecule has 3 rings (SSSR count). The molecular weight excluding hydrogens is 319 g/mol. The van der Waals surface area contributed by atoms with Crippen molar-refractivity contribution < 1.29 is 32.0 Å². The highest BCUT2D eigenvalue weighted by molar-refractivity contribution is 5.90. The summed E-state index contributed by atoms with van der Waals surface area (Å²) in [5.74, 6) is -1.67. The fourth-order valence-corrected chi connectivity index (χ4v) is 2.31. The SMILES string of the molecule is O=C(Oc1cnn(CC2CCCO2)c1C(F)(F)F)c1cnoc1. The molecule has 2 aromatic heterocycles. The Morgan fingerprint density at radius 1 is 1.43 bits per heavy atom. The van der Waals surface area contributed by atoms with Gasteiger partial charge in [-0.05, 0) is 12.8 Å². The Balaban J connectivity index is 1.84. The van der Waals surface area contributed by atoms with Gasteiger partial charge in [-0.3, -0.25) is 4.68 Å². The molecule has 1 saturated heterocycles. The molecule has 0 aliphatic carbocycles. The summed E-state index contributed by atoms with van der Waals surface area (Å²) in [6, 6.07) is 0. The molecule has 0 bridgehead atoms. The zero-order valence-electron chi connectivity index (χ0n) is 11.7. The Bertz CT molecular complexity index is 675. The summed E-state index contributed by atoms with van der Waals surface area (Å²) < 4.78 is 55.2. The lowest BCUT2D eigenvalue weighted by atomic mass is 10.2. The number of esters is 1. The zero-order chi connectivity index (χ0) is 16.4. The number of carbonyl (C=O) groups excluding carboxylic acids is 1. The Kier molecular flexibility index (Phi) is 4.07. The van der Waals surface area contributed by atoms with E-state index >= 15 is 0 Å².